The number of phosphoric ester groups is 2. The zero-order valence-corrected chi connectivity index (χ0v) is 68.3. The Morgan fingerprint density at radius 2 is 0.505 bits per heavy atom. The van der Waals surface area contributed by atoms with Crippen molar-refractivity contribution in [3.05, 3.63) is 182 Å². The highest BCUT2D eigenvalue weighted by Gasteiger charge is 2.29. The fourth-order valence-corrected chi connectivity index (χ4v) is 12.0. The van der Waals surface area contributed by atoms with Crippen molar-refractivity contribution in [2.24, 2.45) is 0 Å². The first-order valence-electron chi connectivity index (χ1n) is 41.1. The van der Waals surface area contributed by atoms with E-state index in [0.29, 0.717) is 25.7 Å². The van der Waals surface area contributed by atoms with Crippen LogP contribution in [0.3, 0.4) is 0 Å². The lowest BCUT2D eigenvalue weighted by Crippen LogP contribution is -2.30. The lowest BCUT2D eigenvalue weighted by Gasteiger charge is -2.21. The summed E-state index contributed by atoms with van der Waals surface area (Å²) in [7, 11) is -9.83. The van der Waals surface area contributed by atoms with E-state index in [1.54, 1.807) is 0 Å². The third kappa shape index (κ3) is 81.5. The minimum absolute atomic E-state index is 0.0177. The molecule has 0 bridgehead atoms. The normalized spacial score (nSPS) is 14.9. The Morgan fingerprint density at radius 1 is 0.271 bits per heavy atom. The van der Waals surface area contributed by atoms with Crippen LogP contribution in [0.4, 0.5) is 0 Å². The number of ether oxygens (including phenoxy) is 3. The second-order valence-corrected chi connectivity index (χ2v) is 29.7. The average molecular weight is 1530 g/mol. The summed E-state index contributed by atoms with van der Waals surface area (Å²) in [6, 6.07) is 0. The first-order chi connectivity index (χ1) is 52.2. The van der Waals surface area contributed by atoms with Crippen molar-refractivity contribution in [2.45, 2.75) is 322 Å². The van der Waals surface area contributed by atoms with Gasteiger partial charge in [-0.3, -0.25) is 32.5 Å². The van der Waals surface area contributed by atoms with Crippen LogP contribution in [0.5, 0.6) is 0 Å². The number of hydrogen-bond donors (Lipinski definition) is 4. The molecule has 0 amide bonds. The molecule has 0 fully saturated rings. The number of aliphatic hydroxyl groups excluding tert-OH is 2. The number of carbonyl (C=O) groups excluding carboxylic acids is 3. The summed E-state index contributed by atoms with van der Waals surface area (Å²) in [5, 5.41) is 20.7. The van der Waals surface area contributed by atoms with E-state index in [2.05, 4.69) is 191 Å². The molecule has 4 N–H and O–H groups in total. The fraction of sp³-hybridized carbons (Fsp3) is 0.629. The molecule has 0 aromatic carbocycles. The van der Waals surface area contributed by atoms with Gasteiger partial charge < -0.3 is 34.2 Å². The molecule has 0 radical (unpaired) electrons. The van der Waals surface area contributed by atoms with Crippen molar-refractivity contribution < 1.29 is 75.8 Å². The van der Waals surface area contributed by atoms with Gasteiger partial charge in [0.2, 0.25) is 0 Å². The molecule has 107 heavy (non-hydrogen) atoms. The van der Waals surface area contributed by atoms with E-state index in [-0.39, 0.29) is 19.3 Å². The van der Waals surface area contributed by atoms with Crippen molar-refractivity contribution in [1.29, 1.82) is 0 Å². The highest BCUT2D eigenvalue weighted by molar-refractivity contribution is 7.47. The van der Waals surface area contributed by atoms with Gasteiger partial charge in [-0.25, -0.2) is 9.13 Å². The van der Waals surface area contributed by atoms with Crippen molar-refractivity contribution >= 4 is 33.6 Å². The minimum Gasteiger partial charge on any atom is -0.463 e. The fourth-order valence-electron chi connectivity index (χ4n) is 10.4. The van der Waals surface area contributed by atoms with Gasteiger partial charge in [0, 0.05) is 19.3 Å². The number of unbranched alkanes of at least 4 members (excludes halogenated alkanes) is 23. The molecule has 18 heteroatoms. The maximum Gasteiger partial charge on any atom is 0.472 e. The smallest absolute Gasteiger partial charge is 0.463 e. The van der Waals surface area contributed by atoms with Gasteiger partial charge in [0.1, 0.15) is 25.4 Å². The second kappa shape index (κ2) is 80.2. The summed E-state index contributed by atoms with van der Waals surface area (Å²) < 4.78 is 61.1. The number of esters is 3. The molecule has 0 rings (SSSR count). The van der Waals surface area contributed by atoms with Crippen molar-refractivity contribution in [3.63, 3.8) is 0 Å². The minimum atomic E-state index is -4.96. The molecule has 0 aromatic rings. The Kier molecular flexibility index (Phi) is 76.2. The van der Waals surface area contributed by atoms with E-state index in [0.717, 1.165) is 161 Å². The van der Waals surface area contributed by atoms with Crippen molar-refractivity contribution in [1.82, 2.24) is 0 Å². The van der Waals surface area contributed by atoms with Gasteiger partial charge in [-0.1, -0.05) is 312 Å². The second-order valence-electron chi connectivity index (χ2n) is 26.8. The van der Waals surface area contributed by atoms with Crippen LogP contribution in [0.2, 0.25) is 0 Å². The van der Waals surface area contributed by atoms with Gasteiger partial charge in [-0.15, -0.1) is 0 Å². The Morgan fingerprint density at radius 3 is 0.813 bits per heavy atom. The molecule has 0 saturated carbocycles. The van der Waals surface area contributed by atoms with Crippen molar-refractivity contribution in [3.8, 4) is 0 Å². The number of aliphatic hydroxyl groups is 2. The van der Waals surface area contributed by atoms with Crippen LogP contribution in [0.15, 0.2) is 182 Å². The summed E-state index contributed by atoms with van der Waals surface area (Å²) in [6.45, 7) is 2.33. The number of phosphoric acid groups is 2. The van der Waals surface area contributed by atoms with Gasteiger partial charge in [0.25, 0.3) is 0 Å². The summed E-state index contributed by atoms with van der Waals surface area (Å²) in [4.78, 5) is 58.7. The Hall–Kier alpha value is -5.35. The number of hydrogen-bond acceptors (Lipinski definition) is 14. The molecule has 0 aromatic heterocycles. The Labute approximate surface area is 649 Å². The number of rotatable bonds is 76. The zero-order chi connectivity index (χ0) is 78.0. The average Bonchev–Trinajstić information content (AvgIpc) is 0.909. The summed E-state index contributed by atoms with van der Waals surface area (Å²) in [6.07, 6.45) is 104. The molecule has 5 unspecified atom stereocenters. The molecule has 0 aliphatic rings. The maximum atomic E-state index is 13.0. The van der Waals surface area contributed by atoms with Crippen LogP contribution in [0, 0.1) is 0 Å². The summed E-state index contributed by atoms with van der Waals surface area (Å²) >= 11 is 0. The Bertz CT molecular complexity index is 2670. The van der Waals surface area contributed by atoms with Crippen LogP contribution in [0.1, 0.15) is 303 Å². The van der Waals surface area contributed by atoms with Crippen LogP contribution in [0.25, 0.3) is 0 Å². The van der Waals surface area contributed by atoms with Gasteiger partial charge in [-0.05, 0) is 154 Å². The van der Waals surface area contributed by atoms with E-state index < -0.39 is 91.5 Å². The van der Waals surface area contributed by atoms with Gasteiger partial charge in [0.15, 0.2) is 6.10 Å². The molecule has 0 spiro atoms. The molecule has 5 atom stereocenters. The zero-order valence-electron chi connectivity index (χ0n) is 66.5. The maximum absolute atomic E-state index is 13.0. The molecule has 608 valence electrons. The third-order valence-electron chi connectivity index (χ3n) is 16.6. The lowest BCUT2D eigenvalue weighted by atomic mass is 10.0. The summed E-state index contributed by atoms with van der Waals surface area (Å²) in [5.74, 6) is -1.67. The third-order valence-corrected chi connectivity index (χ3v) is 18.5. The van der Waals surface area contributed by atoms with Gasteiger partial charge in [0.05, 0.1) is 26.4 Å². The van der Waals surface area contributed by atoms with Gasteiger partial charge in [-0.2, -0.15) is 0 Å². The van der Waals surface area contributed by atoms with E-state index in [1.165, 1.54) is 77.0 Å². The molecular formula is C89H146O16P2. The van der Waals surface area contributed by atoms with Crippen LogP contribution in [-0.4, -0.2) is 95.9 Å². The SMILES string of the molecule is CC/C=C\C/C=C\C/C=C\C/C=C\C/C=C\C/C=C\CCCCCCCCCCCCCCC(=O)OCC(O)COP(=O)(O)OCC(O)COP(=O)(O)OCC(COC(=O)CCCCCCCCC/C=C\C/C=C\C/C=C\C/C=C\CCCCC)OC(=O)CCC/C=C\C/C=C\C/C=C\C/C=C\C/C=C\CC. The summed E-state index contributed by atoms with van der Waals surface area (Å²) in [5.41, 5.74) is 0. The first-order valence-corrected chi connectivity index (χ1v) is 44.1. The topological polar surface area (TPSA) is 231 Å². The van der Waals surface area contributed by atoms with Crippen molar-refractivity contribution in [2.75, 3.05) is 39.6 Å². The van der Waals surface area contributed by atoms with E-state index in [4.69, 9.17) is 32.3 Å². The van der Waals surface area contributed by atoms with E-state index in [1.807, 2.05) is 12.2 Å². The molecule has 0 heterocycles. The monoisotopic (exact) mass is 1530 g/mol. The predicted molar refractivity (Wildman–Crippen MR) is 445 cm³/mol. The lowest BCUT2D eigenvalue weighted by molar-refractivity contribution is -0.161. The highest BCUT2D eigenvalue weighted by atomic mass is 31.2. The highest BCUT2D eigenvalue weighted by Crippen LogP contribution is 2.45. The largest absolute Gasteiger partial charge is 0.472 e. The molecule has 0 saturated heterocycles. The number of allylic oxidation sites excluding steroid dienone is 30. The quantitative estimate of drug-likeness (QED) is 0.0146. The molecule has 0 aliphatic heterocycles. The Balaban J connectivity index is 4.60. The predicted octanol–water partition coefficient (Wildman–Crippen LogP) is 24.5. The molecular weight excluding hydrogens is 1390 g/mol. The van der Waals surface area contributed by atoms with Crippen LogP contribution < -0.4 is 0 Å². The van der Waals surface area contributed by atoms with E-state index in [9.17, 15) is 43.5 Å². The number of carbonyl (C=O) groups is 3. The molecule has 0 aliphatic carbocycles. The van der Waals surface area contributed by atoms with Gasteiger partial charge >= 0.3 is 33.6 Å². The first kappa shape index (κ1) is 102. The van der Waals surface area contributed by atoms with Crippen LogP contribution >= 0.6 is 15.6 Å². The van der Waals surface area contributed by atoms with E-state index >= 15 is 0 Å². The molecule has 16 nitrogen and oxygen atoms in total. The van der Waals surface area contributed by atoms with Crippen LogP contribution in [-0.2, 0) is 55.8 Å². The standard InChI is InChI=1S/C89H146O16P2/c1-4-7-10-13-16-19-22-25-28-31-33-35-37-38-39-40-41-42-43-44-46-48-49-52-54-57-60-63-66-69-72-75-87(92)99-78-84(90)79-101-106(95,96)102-80-85(91)81-103-107(97,98)104-83-86(105-89(94)77-74-71-68-65-62-59-56-51-30-27-24-21-18-15-12-9-6-3)82-100-88(93)76-73-70-67-64-61-58-55-53-50-47-45-36-34-32-29-26-23-20-17-14-11-8-5-2/h7,9-10,12,16-21,25-30,33-36,38-39,41-42,47,50,56,59,65,68,84-86,90-91H,4-6,8,11,13-15,22-24,31-32,37,40,43-46,48-49,51-55,57-58,60-64,66-67,69-83H2,1-3H3,(H,95,96)(H,97,98)/b10-7-,12-9-,19-16-,20-17-,21-18-,28-25-,29-26-,30-27-,35-33-,36-34-,39-38-,42-41-,50-47-,59-56-,68-65-.